The van der Waals surface area contributed by atoms with Gasteiger partial charge in [-0.2, -0.15) is 10.2 Å². The van der Waals surface area contributed by atoms with Gasteiger partial charge in [0.2, 0.25) is 11.8 Å². The molecule has 206 valence electrons. The van der Waals surface area contributed by atoms with E-state index in [1.165, 1.54) is 11.6 Å². The van der Waals surface area contributed by atoms with Crippen LogP contribution in [0.2, 0.25) is 0 Å². The molecule has 0 radical (unpaired) electrons. The molecule has 1 aliphatic heterocycles. The smallest absolute Gasteiger partial charge is 0.245 e. The number of hydrogen-bond donors (Lipinski definition) is 1. The van der Waals surface area contributed by atoms with Crippen molar-refractivity contribution in [1.82, 2.24) is 34.8 Å². The average Bonchev–Trinajstić information content (AvgIpc) is 3.57. The number of aromatic nitrogens is 5. The van der Waals surface area contributed by atoms with Gasteiger partial charge >= 0.3 is 0 Å². The molecule has 3 aliphatic rings. The lowest BCUT2D eigenvalue weighted by atomic mass is 10.1. The predicted molar refractivity (Wildman–Crippen MR) is 142 cm³/mol. The van der Waals surface area contributed by atoms with Gasteiger partial charge in [-0.05, 0) is 50.3 Å². The van der Waals surface area contributed by atoms with Crippen LogP contribution in [0.3, 0.4) is 0 Å². The van der Waals surface area contributed by atoms with Crippen molar-refractivity contribution in [3.05, 3.63) is 36.0 Å². The van der Waals surface area contributed by atoms with Gasteiger partial charge < -0.3 is 15.0 Å². The van der Waals surface area contributed by atoms with Gasteiger partial charge in [-0.25, -0.2) is 4.98 Å². The van der Waals surface area contributed by atoms with Gasteiger partial charge in [0.25, 0.3) is 0 Å². The van der Waals surface area contributed by atoms with Crippen LogP contribution in [0, 0.1) is 11.8 Å². The Balaban J connectivity index is 1.18. The second-order valence-electron chi connectivity index (χ2n) is 10.8. The molecule has 1 aromatic carbocycles. The molecule has 5 atom stereocenters. The molecule has 0 bridgehead atoms. The summed E-state index contributed by atoms with van der Waals surface area (Å²) in [5.41, 5.74) is 0.885. The highest BCUT2D eigenvalue weighted by Gasteiger charge is 2.58. The number of nitrogens with zero attached hydrogens (tertiary/aromatic N) is 6. The molecule has 13 heteroatoms. The third kappa shape index (κ3) is 4.98. The third-order valence-electron chi connectivity index (χ3n) is 7.90. The van der Waals surface area contributed by atoms with Crippen LogP contribution in [0.4, 0.5) is 0 Å². The Hall–Kier alpha value is -3.18. The van der Waals surface area contributed by atoms with Crippen LogP contribution >= 0.6 is 23.2 Å². The van der Waals surface area contributed by atoms with Gasteiger partial charge in [0.15, 0.2) is 11.6 Å². The van der Waals surface area contributed by atoms with E-state index in [1.807, 2.05) is 6.92 Å². The SMILES string of the molecule is CC(=O)c1nn(CC(=O)N2[C@@H]3C[C@@H]3C[C@H]2C(=O)N[C@H](C)[C@H]2CC2(Cl)Cl)c2ccc(OCc3ncn(C)n3)cc12. The molecule has 0 spiro atoms. The second-order valence-corrected chi connectivity index (χ2v) is 12.4. The number of amides is 2. The maximum atomic E-state index is 13.6. The van der Waals surface area contributed by atoms with E-state index in [9.17, 15) is 14.4 Å². The van der Waals surface area contributed by atoms with E-state index in [4.69, 9.17) is 27.9 Å². The van der Waals surface area contributed by atoms with Gasteiger partial charge in [-0.15, -0.1) is 23.2 Å². The highest BCUT2D eigenvalue weighted by molar-refractivity contribution is 6.51. The number of rotatable bonds is 9. The number of carbonyl (C=O) groups excluding carboxylic acids is 3. The fourth-order valence-electron chi connectivity index (χ4n) is 5.68. The first-order valence-electron chi connectivity index (χ1n) is 13.0. The summed E-state index contributed by atoms with van der Waals surface area (Å²) < 4.78 is 8.15. The molecule has 0 unspecified atom stereocenters. The zero-order valence-corrected chi connectivity index (χ0v) is 23.3. The minimum atomic E-state index is -0.796. The van der Waals surface area contributed by atoms with E-state index in [-0.39, 0.29) is 54.4 Å². The van der Waals surface area contributed by atoms with E-state index in [2.05, 4.69) is 20.5 Å². The first-order chi connectivity index (χ1) is 18.5. The molecular weight excluding hydrogens is 545 g/mol. The molecule has 6 rings (SSSR count). The van der Waals surface area contributed by atoms with Crippen LogP contribution in [0.15, 0.2) is 24.5 Å². The molecule has 2 amide bonds. The summed E-state index contributed by atoms with van der Waals surface area (Å²) >= 11 is 12.3. The zero-order chi connectivity index (χ0) is 27.6. The van der Waals surface area contributed by atoms with Crippen LogP contribution in [0.5, 0.6) is 5.75 Å². The summed E-state index contributed by atoms with van der Waals surface area (Å²) in [6.45, 7) is 3.41. The van der Waals surface area contributed by atoms with Crippen LogP contribution < -0.4 is 10.1 Å². The van der Waals surface area contributed by atoms with Crippen molar-refractivity contribution in [2.24, 2.45) is 18.9 Å². The topological polar surface area (TPSA) is 124 Å². The number of likely N-dealkylation sites (tertiary alicyclic amines) is 1. The summed E-state index contributed by atoms with van der Waals surface area (Å²) in [6, 6.07) is 4.60. The summed E-state index contributed by atoms with van der Waals surface area (Å²) in [4.78, 5) is 45.0. The van der Waals surface area contributed by atoms with Crippen molar-refractivity contribution >= 4 is 51.7 Å². The number of ketones is 1. The van der Waals surface area contributed by atoms with Crippen LogP contribution in [0.25, 0.3) is 10.9 Å². The third-order valence-corrected chi connectivity index (χ3v) is 8.77. The van der Waals surface area contributed by atoms with Crippen molar-refractivity contribution in [2.75, 3.05) is 0 Å². The molecule has 1 N–H and O–H groups in total. The molecule has 1 saturated heterocycles. The minimum Gasteiger partial charge on any atom is -0.486 e. The summed E-state index contributed by atoms with van der Waals surface area (Å²) in [7, 11) is 1.78. The Morgan fingerprint density at radius 2 is 2.00 bits per heavy atom. The second kappa shape index (κ2) is 9.48. The van der Waals surface area contributed by atoms with Crippen molar-refractivity contribution in [1.29, 1.82) is 0 Å². The quantitative estimate of drug-likeness (QED) is 0.308. The van der Waals surface area contributed by atoms with Gasteiger partial charge in [0, 0.05) is 37.4 Å². The Morgan fingerprint density at radius 3 is 2.67 bits per heavy atom. The lowest BCUT2D eigenvalue weighted by Crippen LogP contribution is -2.51. The van der Waals surface area contributed by atoms with E-state index in [0.717, 1.165) is 6.42 Å². The summed E-state index contributed by atoms with van der Waals surface area (Å²) in [5.74, 6) is 0.782. The number of ether oxygens (including phenoxy) is 1. The maximum absolute atomic E-state index is 13.6. The summed E-state index contributed by atoms with van der Waals surface area (Å²) in [5, 5.41) is 12.3. The number of piperidine rings is 1. The first kappa shape index (κ1) is 26.1. The number of alkyl halides is 2. The van der Waals surface area contributed by atoms with Crippen LogP contribution in [-0.4, -0.2) is 69.5 Å². The molecule has 2 aromatic heterocycles. The van der Waals surface area contributed by atoms with Gasteiger partial charge in [0.05, 0.1) is 5.52 Å². The minimum absolute atomic E-state index is 0.000553. The number of carbonyl (C=O) groups is 3. The van der Waals surface area contributed by atoms with E-state index >= 15 is 0 Å². The molecule has 3 fully saturated rings. The fraction of sp³-hybridized carbons (Fsp3) is 0.538. The normalized spacial score (nSPS) is 25.3. The number of nitrogens with one attached hydrogen (secondary N) is 1. The molecule has 3 aromatic rings. The zero-order valence-electron chi connectivity index (χ0n) is 21.8. The van der Waals surface area contributed by atoms with Crippen LogP contribution in [-0.2, 0) is 29.8 Å². The number of fused-ring (bicyclic) bond motifs is 2. The molecule has 11 nitrogen and oxygen atoms in total. The maximum Gasteiger partial charge on any atom is 0.245 e. The molecular formula is C26H29Cl2N7O4. The lowest BCUT2D eigenvalue weighted by Gasteiger charge is -2.28. The molecule has 2 saturated carbocycles. The average molecular weight is 574 g/mol. The van der Waals surface area contributed by atoms with Crippen molar-refractivity contribution in [3.8, 4) is 5.75 Å². The van der Waals surface area contributed by atoms with Crippen molar-refractivity contribution in [2.45, 2.75) is 68.7 Å². The largest absolute Gasteiger partial charge is 0.486 e. The predicted octanol–water partition coefficient (Wildman–Crippen LogP) is 2.63. The highest BCUT2D eigenvalue weighted by Crippen LogP contribution is 2.55. The van der Waals surface area contributed by atoms with Gasteiger partial charge in [-0.1, -0.05) is 0 Å². The molecule has 3 heterocycles. The standard InChI is InChI=1S/C26H29Cl2N7O4/c1-13(18-9-26(18,27)28)30-25(38)21-7-15-6-20(15)35(21)23(37)10-34-19-5-4-16(8-17(19)24(32-34)14(2)36)39-11-22-29-12-33(3)31-22/h4-5,8,12-13,15,18,20-21H,6-7,9-11H2,1-3H3,(H,30,38)/t13-,15-,18-,20-,21+/m1/s1. The number of aryl methyl sites for hydroxylation is 1. The van der Waals surface area contributed by atoms with E-state index in [0.29, 0.717) is 41.2 Å². The number of Topliss-reactive ketones (excluding diaryl/α,β-unsaturated/α-hetero) is 1. The number of hydrogen-bond acceptors (Lipinski definition) is 7. The highest BCUT2D eigenvalue weighted by atomic mass is 35.5. The lowest BCUT2D eigenvalue weighted by molar-refractivity contribution is -0.140. The number of benzene rings is 1. The van der Waals surface area contributed by atoms with Crippen molar-refractivity contribution in [3.63, 3.8) is 0 Å². The Kier molecular flexibility index (Phi) is 6.33. The van der Waals surface area contributed by atoms with Gasteiger partial charge in [0.1, 0.15) is 41.3 Å². The van der Waals surface area contributed by atoms with E-state index < -0.39 is 10.4 Å². The van der Waals surface area contributed by atoms with Crippen molar-refractivity contribution < 1.29 is 19.1 Å². The monoisotopic (exact) mass is 573 g/mol. The summed E-state index contributed by atoms with van der Waals surface area (Å²) in [6.07, 6.45) is 3.75. The number of halogens is 2. The Morgan fingerprint density at radius 1 is 1.23 bits per heavy atom. The van der Waals surface area contributed by atoms with Gasteiger partial charge in [-0.3, -0.25) is 23.7 Å². The fourth-order valence-corrected chi connectivity index (χ4v) is 6.39. The van der Waals surface area contributed by atoms with E-state index in [1.54, 1.807) is 41.2 Å². The molecule has 39 heavy (non-hydrogen) atoms. The Labute approximate surface area is 234 Å². The molecule has 2 aliphatic carbocycles. The van der Waals surface area contributed by atoms with Crippen LogP contribution in [0.1, 0.15) is 49.4 Å². The first-order valence-corrected chi connectivity index (χ1v) is 13.8. The Bertz CT molecular complexity index is 1480.